The van der Waals surface area contributed by atoms with Crippen molar-refractivity contribution in [2.24, 2.45) is 11.0 Å². The fourth-order valence-corrected chi connectivity index (χ4v) is 3.72. The third-order valence-electron chi connectivity index (χ3n) is 4.24. The number of halogens is 1. The van der Waals surface area contributed by atoms with Gasteiger partial charge in [-0.25, -0.2) is 0 Å². The number of nitrogens with one attached hydrogen (secondary N) is 2. The number of ether oxygens (including phenoxy) is 2. The molecule has 0 saturated carbocycles. The van der Waals surface area contributed by atoms with Gasteiger partial charge in [0.2, 0.25) is 0 Å². The molecule has 23 heavy (non-hydrogen) atoms. The predicted molar refractivity (Wildman–Crippen MR) is 95.4 cm³/mol. The Bertz CT molecular complexity index is 591. The first kappa shape index (κ1) is 16.6. The lowest BCUT2D eigenvalue weighted by atomic mass is 9.87. The molecule has 0 radical (unpaired) electrons. The van der Waals surface area contributed by atoms with Crippen molar-refractivity contribution in [1.29, 1.82) is 0 Å². The van der Waals surface area contributed by atoms with Crippen LogP contribution in [0.3, 0.4) is 0 Å². The fourth-order valence-electron chi connectivity index (χ4n) is 3.15. The average molecular weight is 382 g/mol. The van der Waals surface area contributed by atoms with E-state index in [2.05, 4.69) is 50.8 Å². The molecule has 2 aliphatic heterocycles. The highest BCUT2D eigenvalue weighted by Gasteiger charge is 2.35. The molecule has 0 spiro atoms. The molecule has 2 N–H and O–H groups in total. The van der Waals surface area contributed by atoms with Gasteiger partial charge in [-0.05, 0) is 47.0 Å². The Labute approximate surface area is 145 Å². The van der Waals surface area contributed by atoms with E-state index >= 15 is 0 Å². The molecule has 1 saturated heterocycles. The summed E-state index contributed by atoms with van der Waals surface area (Å²) in [5, 5.41) is 7.99. The van der Waals surface area contributed by atoms with Crippen molar-refractivity contribution in [2.75, 3.05) is 26.3 Å². The number of rotatable bonds is 6. The monoisotopic (exact) mass is 381 g/mol. The summed E-state index contributed by atoms with van der Waals surface area (Å²) < 4.78 is 12.6. The summed E-state index contributed by atoms with van der Waals surface area (Å²) in [5.41, 5.74) is 5.75. The molecular weight excluding hydrogens is 358 g/mol. The van der Waals surface area contributed by atoms with Gasteiger partial charge in [0.1, 0.15) is 0 Å². The Hall–Kier alpha value is -1.27. The van der Waals surface area contributed by atoms with E-state index in [1.807, 2.05) is 6.92 Å². The van der Waals surface area contributed by atoms with Gasteiger partial charge in [-0.2, -0.15) is 5.10 Å². The quantitative estimate of drug-likeness (QED) is 0.793. The topological polar surface area (TPSA) is 54.9 Å². The van der Waals surface area contributed by atoms with Crippen LogP contribution >= 0.6 is 15.9 Å². The van der Waals surface area contributed by atoms with Gasteiger partial charge in [0.25, 0.3) is 0 Å². The van der Waals surface area contributed by atoms with E-state index in [0.29, 0.717) is 19.1 Å². The third kappa shape index (κ3) is 3.48. The lowest BCUT2D eigenvalue weighted by Crippen LogP contribution is -2.38. The molecular formula is C17H24BrN3O2. The highest BCUT2D eigenvalue weighted by Crippen LogP contribution is 2.41. The summed E-state index contributed by atoms with van der Waals surface area (Å²) in [6.07, 6.45) is 1.99. The maximum Gasteiger partial charge on any atom is 0.175 e. The van der Waals surface area contributed by atoms with Gasteiger partial charge in [0, 0.05) is 31.1 Å². The SMILES string of the molecule is CCCOc1c(Br)cc(C2NN=C3CCNCC32)cc1OCC. The first-order valence-corrected chi connectivity index (χ1v) is 9.15. The summed E-state index contributed by atoms with van der Waals surface area (Å²) in [5.74, 6) is 2.00. The van der Waals surface area contributed by atoms with Gasteiger partial charge in [-0.1, -0.05) is 6.92 Å². The first-order valence-electron chi connectivity index (χ1n) is 8.36. The molecule has 0 aromatic heterocycles. The standard InChI is InChI=1S/C17H24BrN3O2/c1-3-7-23-17-13(18)8-11(9-15(17)22-4-2)16-12-10-19-6-5-14(12)20-21-16/h8-9,12,16,19,21H,3-7,10H2,1-2H3. The highest BCUT2D eigenvalue weighted by molar-refractivity contribution is 9.10. The first-order chi connectivity index (χ1) is 11.2. The maximum absolute atomic E-state index is 5.86. The number of benzene rings is 1. The summed E-state index contributed by atoms with van der Waals surface area (Å²) in [6, 6.07) is 4.40. The van der Waals surface area contributed by atoms with Crippen LogP contribution < -0.4 is 20.2 Å². The number of hydrogen-bond acceptors (Lipinski definition) is 5. The number of hydrogen-bond donors (Lipinski definition) is 2. The van der Waals surface area contributed by atoms with Crippen molar-refractivity contribution in [3.8, 4) is 11.5 Å². The Morgan fingerprint density at radius 1 is 1.30 bits per heavy atom. The van der Waals surface area contributed by atoms with Crippen molar-refractivity contribution >= 4 is 21.6 Å². The minimum absolute atomic E-state index is 0.188. The Morgan fingerprint density at radius 2 is 2.17 bits per heavy atom. The summed E-state index contributed by atoms with van der Waals surface area (Å²) >= 11 is 3.65. The van der Waals surface area contributed by atoms with Crippen LogP contribution in [-0.4, -0.2) is 32.0 Å². The summed E-state index contributed by atoms with van der Waals surface area (Å²) in [4.78, 5) is 0. The van der Waals surface area contributed by atoms with Crippen molar-refractivity contribution in [3.63, 3.8) is 0 Å². The maximum atomic E-state index is 5.86. The Balaban J connectivity index is 1.88. The molecule has 1 aromatic rings. The number of piperidine rings is 1. The largest absolute Gasteiger partial charge is 0.490 e. The fraction of sp³-hybridized carbons (Fsp3) is 0.588. The second-order valence-electron chi connectivity index (χ2n) is 5.88. The van der Waals surface area contributed by atoms with Crippen LogP contribution in [0.5, 0.6) is 11.5 Å². The minimum atomic E-state index is 0.188. The molecule has 2 atom stereocenters. The van der Waals surface area contributed by atoms with Crippen LogP contribution in [-0.2, 0) is 0 Å². The van der Waals surface area contributed by atoms with Crippen LogP contribution in [0.1, 0.15) is 38.3 Å². The number of hydrazone groups is 1. The van der Waals surface area contributed by atoms with Crippen LogP contribution in [0.25, 0.3) is 0 Å². The number of nitrogens with zero attached hydrogens (tertiary/aromatic N) is 1. The molecule has 1 aromatic carbocycles. The Morgan fingerprint density at radius 3 is 2.96 bits per heavy atom. The smallest absolute Gasteiger partial charge is 0.175 e. The van der Waals surface area contributed by atoms with E-state index < -0.39 is 0 Å². The molecule has 2 heterocycles. The molecule has 0 bridgehead atoms. The van der Waals surface area contributed by atoms with Crippen LogP contribution in [0, 0.1) is 5.92 Å². The van der Waals surface area contributed by atoms with Gasteiger partial charge in [-0.3, -0.25) is 0 Å². The van der Waals surface area contributed by atoms with Crippen LogP contribution in [0.15, 0.2) is 21.7 Å². The normalized spacial score (nSPS) is 23.0. The molecule has 0 amide bonds. The molecule has 2 unspecified atom stereocenters. The van der Waals surface area contributed by atoms with E-state index in [9.17, 15) is 0 Å². The predicted octanol–water partition coefficient (Wildman–Crippen LogP) is 3.25. The molecule has 6 heteroatoms. The molecule has 3 rings (SSSR count). The van der Waals surface area contributed by atoms with Crippen molar-refractivity contribution in [3.05, 3.63) is 22.2 Å². The zero-order valence-electron chi connectivity index (χ0n) is 13.7. The lowest BCUT2D eigenvalue weighted by molar-refractivity contribution is 0.274. The molecule has 0 aliphatic carbocycles. The van der Waals surface area contributed by atoms with Gasteiger partial charge < -0.3 is 20.2 Å². The van der Waals surface area contributed by atoms with E-state index in [4.69, 9.17) is 9.47 Å². The van der Waals surface area contributed by atoms with E-state index in [-0.39, 0.29) is 6.04 Å². The van der Waals surface area contributed by atoms with Crippen molar-refractivity contribution in [1.82, 2.24) is 10.7 Å². The lowest BCUT2D eigenvalue weighted by Gasteiger charge is -2.26. The minimum Gasteiger partial charge on any atom is -0.490 e. The van der Waals surface area contributed by atoms with E-state index in [1.54, 1.807) is 0 Å². The zero-order valence-corrected chi connectivity index (χ0v) is 15.3. The van der Waals surface area contributed by atoms with Gasteiger partial charge in [-0.15, -0.1) is 0 Å². The van der Waals surface area contributed by atoms with Crippen LogP contribution in [0.4, 0.5) is 0 Å². The van der Waals surface area contributed by atoms with Crippen molar-refractivity contribution < 1.29 is 9.47 Å². The molecule has 5 nitrogen and oxygen atoms in total. The second kappa shape index (κ2) is 7.53. The molecule has 126 valence electrons. The summed E-state index contributed by atoms with van der Waals surface area (Å²) in [7, 11) is 0. The number of fused-ring (bicyclic) bond motifs is 1. The van der Waals surface area contributed by atoms with Crippen molar-refractivity contribution in [2.45, 2.75) is 32.7 Å². The molecule has 2 aliphatic rings. The van der Waals surface area contributed by atoms with Gasteiger partial charge >= 0.3 is 0 Å². The Kier molecular flexibility index (Phi) is 5.43. The third-order valence-corrected chi connectivity index (χ3v) is 4.83. The van der Waals surface area contributed by atoms with Gasteiger partial charge in [0.05, 0.1) is 23.7 Å². The highest BCUT2D eigenvalue weighted by atomic mass is 79.9. The summed E-state index contributed by atoms with van der Waals surface area (Å²) in [6.45, 7) is 7.36. The zero-order chi connectivity index (χ0) is 16.2. The van der Waals surface area contributed by atoms with Gasteiger partial charge in [0.15, 0.2) is 11.5 Å². The average Bonchev–Trinajstić information content (AvgIpc) is 2.98. The van der Waals surface area contributed by atoms with E-state index in [1.165, 1.54) is 11.3 Å². The second-order valence-corrected chi connectivity index (χ2v) is 6.74. The molecule has 1 fully saturated rings. The van der Waals surface area contributed by atoms with Crippen LogP contribution in [0.2, 0.25) is 0 Å². The van der Waals surface area contributed by atoms with E-state index in [0.717, 1.165) is 41.9 Å².